The van der Waals surface area contributed by atoms with Gasteiger partial charge in [-0.3, -0.25) is 4.21 Å². The molecule has 0 radical (unpaired) electrons. The van der Waals surface area contributed by atoms with E-state index < -0.39 is 10.8 Å². The predicted octanol–water partition coefficient (Wildman–Crippen LogP) is 4.11. The number of hydrogen-bond acceptors (Lipinski definition) is 2. The molecule has 22 heavy (non-hydrogen) atoms. The molecule has 2 nitrogen and oxygen atoms in total. The molecule has 1 fully saturated rings. The van der Waals surface area contributed by atoms with Crippen molar-refractivity contribution in [2.24, 2.45) is 11.8 Å². The Bertz CT molecular complexity index is 469. The number of piperidine rings is 1. The zero-order chi connectivity index (χ0) is 15.9. The van der Waals surface area contributed by atoms with Gasteiger partial charge in [-0.2, -0.15) is 0 Å². The smallest absolute Gasteiger partial charge is 0.0498 e. The number of nitrogens with zero attached hydrogens (tertiary/aromatic N) is 1. The molecule has 1 heterocycles. The van der Waals surface area contributed by atoms with Crippen LogP contribution in [0, 0.1) is 11.8 Å². The quantitative estimate of drug-likeness (QED) is 0.753. The van der Waals surface area contributed by atoms with Gasteiger partial charge in [0.2, 0.25) is 0 Å². The summed E-state index contributed by atoms with van der Waals surface area (Å²) in [4.78, 5) is 3.60. The Morgan fingerprint density at radius 3 is 2.64 bits per heavy atom. The molecule has 0 bridgehead atoms. The Balaban J connectivity index is 1.77. The fraction of sp³-hybridized carbons (Fsp3) is 0.684. The van der Waals surface area contributed by atoms with Crippen LogP contribution >= 0.6 is 0 Å². The highest BCUT2D eigenvalue weighted by molar-refractivity contribution is 7.84. The van der Waals surface area contributed by atoms with E-state index in [0.29, 0.717) is 0 Å². The van der Waals surface area contributed by atoms with Gasteiger partial charge in [0.15, 0.2) is 0 Å². The van der Waals surface area contributed by atoms with Gasteiger partial charge in [0.05, 0.1) is 0 Å². The molecule has 0 N–H and O–H groups in total. The fourth-order valence-electron chi connectivity index (χ4n) is 3.25. The standard InChI is InChI=1S/C19H31NOS/c1-16(2)12-14-20-13-4-5-18(15-20)7-6-17-8-10-19(11-9-17)22(3)21/h8-11,16,18H,4-7,12-15H2,1-3H3. The van der Waals surface area contributed by atoms with Gasteiger partial charge in [0.1, 0.15) is 0 Å². The molecule has 0 aromatic heterocycles. The highest BCUT2D eigenvalue weighted by Crippen LogP contribution is 2.22. The molecule has 124 valence electrons. The third kappa shape index (κ3) is 5.85. The van der Waals surface area contributed by atoms with Gasteiger partial charge in [0, 0.05) is 28.5 Å². The largest absolute Gasteiger partial charge is 0.303 e. The molecular formula is C19H31NOS. The van der Waals surface area contributed by atoms with E-state index in [-0.39, 0.29) is 0 Å². The lowest BCUT2D eigenvalue weighted by Gasteiger charge is -2.33. The Kier molecular flexibility index (Phi) is 7.10. The van der Waals surface area contributed by atoms with E-state index in [0.717, 1.165) is 23.2 Å². The van der Waals surface area contributed by atoms with Crippen LogP contribution in [0.2, 0.25) is 0 Å². The van der Waals surface area contributed by atoms with Crippen molar-refractivity contribution in [1.82, 2.24) is 4.90 Å². The topological polar surface area (TPSA) is 20.3 Å². The number of rotatable bonds is 7. The molecular weight excluding hydrogens is 290 g/mol. The van der Waals surface area contributed by atoms with Crippen LogP contribution in [-0.2, 0) is 17.2 Å². The van der Waals surface area contributed by atoms with Gasteiger partial charge in [-0.05, 0) is 74.7 Å². The van der Waals surface area contributed by atoms with Crippen LogP contribution in [0.15, 0.2) is 29.2 Å². The summed E-state index contributed by atoms with van der Waals surface area (Å²) in [6, 6.07) is 8.33. The molecule has 2 rings (SSSR count). The molecule has 0 saturated carbocycles. The molecule has 2 unspecified atom stereocenters. The minimum atomic E-state index is -0.863. The van der Waals surface area contributed by atoms with E-state index >= 15 is 0 Å². The maximum Gasteiger partial charge on any atom is 0.0498 e. The summed E-state index contributed by atoms with van der Waals surface area (Å²) < 4.78 is 11.4. The van der Waals surface area contributed by atoms with E-state index in [1.165, 1.54) is 50.9 Å². The monoisotopic (exact) mass is 321 g/mol. The van der Waals surface area contributed by atoms with E-state index in [1.54, 1.807) is 6.26 Å². The molecule has 0 aliphatic carbocycles. The third-order valence-corrected chi connectivity index (χ3v) is 5.66. The van der Waals surface area contributed by atoms with Crippen LogP contribution in [-0.4, -0.2) is 35.0 Å². The van der Waals surface area contributed by atoms with Crippen molar-refractivity contribution in [1.29, 1.82) is 0 Å². The summed E-state index contributed by atoms with van der Waals surface area (Å²) in [7, 11) is -0.863. The minimum absolute atomic E-state index is 0.808. The van der Waals surface area contributed by atoms with Gasteiger partial charge < -0.3 is 4.90 Å². The highest BCUT2D eigenvalue weighted by atomic mass is 32.2. The lowest BCUT2D eigenvalue weighted by atomic mass is 9.91. The first-order chi connectivity index (χ1) is 10.5. The summed E-state index contributed by atoms with van der Waals surface area (Å²) >= 11 is 0. The molecule has 1 saturated heterocycles. The van der Waals surface area contributed by atoms with E-state index in [2.05, 4.69) is 30.9 Å². The second-order valence-corrected chi connectivity index (χ2v) is 8.51. The molecule has 1 aromatic rings. The second kappa shape index (κ2) is 8.83. The van der Waals surface area contributed by atoms with Gasteiger partial charge in [-0.1, -0.05) is 26.0 Å². The molecule has 0 amide bonds. The van der Waals surface area contributed by atoms with Crippen LogP contribution in [0.3, 0.4) is 0 Å². The zero-order valence-corrected chi connectivity index (χ0v) is 15.2. The van der Waals surface area contributed by atoms with E-state index in [4.69, 9.17) is 0 Å². The van der Waals surface area contributed by atoms with Gasteiger partial charge in [-0.15, -0.1) is 0 Å². The third-order valence-electron chi connectivity index (χ3n) is 4.72. The summed E-state index contributed by atoms with van der Waals surface area (Å²) in [6.07, 6.45) is 8.24. The van der Waals surface area contributed by atoms with Crippen molar-refractivity contribution in [3.63, 3.8) is 0 Å². The molecule has 1 aliphatic heterocycles. The molecule has 1 aromatic carbocycles. The van der Waals surface area contributed by atoms with Crippen molar-refractivity contribution in [3.05, 3.63) is 29.8 Å². The van der Waals surface area contributed by atoms with Crippen molar-refractivity contribution >= 4 is 10.8 Å². The van der Waals surface area contributed by atoms with Gasteiger partial charge >= 0.3 is 0 Å². The SMILES string of the molecule is CC(C)CCN1CCCC(CCc2ccc(S(C)=O)cc2)C1. The number of aryl methyl sites for hydroxylation is 1. The molecule has 0 spiro atoms. The summed E-state index contributed by atoms with van der Waals surface area (Å²) in [5.41, 5.74) is 1.38. The van der Waals surface area contributed by atoms with Crippen molar-refractivity contribution < 1.29 is 4.21 Å². The van der Waals surface area contributed by atoms with Crippen molar-refractivity contribution in [3.8, 4) is 0 Å². The Hall–Kier alpha value is -0.670. The van der Waals surface area contributed by atoms with Crippen molar-refractivity contribution in [2.45, 2.75) is 50.8 Å². The van der Waals surface area contributed by atoms with Crippen LogP contribution in [0.4, 0.5) is 0 Å². The van der Waals surface area contributed by atoms with Crippen molar-refractivity contribution in [2.75, 3.05) is 25.9 Å². The van der Waals surface area contributed by atoms with Crippen LogP contribution in [0.25, 0.3) is 0 Å². The predicted molar refractivity (Wildman–Crippen MR) is 95.7 cm³/mol. The fourth-order valence-corrected chi connectivity index (χ4v) is 3.77. The number of likely N-dealkylation sites (tertiary alicyclic amines) is 1. The first kappa shape index (κ1) is 17.7. The lowest BCUT2D eigenvalue weighted by molar-refractivity contribution is 0.162. The number of hydrogen-bond donors (Lipinski definition) is 0. The first-order valence-corrected chi connectivity index (χ1v) is 10.2. The lowest BCUT2D eigenvalue weighted by Crippen LogP contribution is -2.36. The average Bonchev–Trinajstić information content (AvgIpc) is 2.52. The molecule has 3 heteroatoms. The second-order valence-electron chi connectivity index (χ2n) is 7.13. The normalized spacial score (nSPS) is 21.2. The van der Waals surface area contributed by atoms with Gasteiger partial charge in [0.25, 0.3) is 0 Å². The molecule has 2 atom stereocenters. The maximum absolute atomic E-state index is 11.4. The van der Waals surface area contributed by atoms with E-state index in [1.807, 2.05) is 12.1 Å². The summed E-state index contributed by atoms with van der Waals surface area (Å²) in [6.45, 7) is 8.47. The number of benzene rings is 1. The van der Waals surface area contributed by atoms with Crippen LogP contribution in [0.5, 0.6) is 0 Å². The average molecular weight is 322 g/mol. The zero-order valence-electron chi connectivity index (χ0n) is 14.4. The summed E-state index contributed by atoms with van der Waals surface area (Å²) in [5, 5.41) is 0. The molecule has 1 aliphatic rings. The van der Waals surface area contributed by atoms with Crippen LogP contribution in [0.1, 0.15) is 45.1 Å². The Morgan fingerprint density at radius 2 is 2.00 bits per heavy atom. The summed E-state index contributed by atoms with van der Waals surface area (Å²) in [5.74, 6) is 1.66. The van der Waals surface area contributed by atoms with Crippen LogP contribution < -0.4 is 0 Å². The van der Waals surface area contributed by atoms with E-state index in [9.17, 15) is 4.21 Å². The van der Waals surface area contributed by atoms with Gasteiger partial charge in [-0.25, -0.2) is 0 Å². The Labute approximate surface area is 138 Å². The maximum atomic E-state index is 11.4. The Morgan fingerprint density at radius 1 is 1.27 bits per heavy atom. The minimum Gasteiger partial charge on any atom is -0.303 e. The first-order valence-electron chi connectivity index (χ1n) is 8.69. The highest BCUT2D eigenvalue weighted by Gasteiger charge is 2.19.